The first-order valence-corrected chi connectivity index (χ1v) is 9.03. The van der Waals surface area contributed by atoms with E-state index in [1.807, 2.05) is 11.8 Å². The average Bonchev–Trinajstić information content (AvgIpc) is 3.03. The van der Waals surface area contributed by atoms with Gasteiger partial charge in [0.05, 0.1) is 5.69 Å². The summed E-state index contributed by atoms with van der Waals surface area (Å²) in [6, 6.07) is 7.33. The second kappa shape index (κ2) is 7.31. The molecule has 0 bridgehead atoms. The van der Waals surface area contributed by atoms with Crippen molar-refractivity contribution in [3.63, 3.8) is 0 Å². The van der Waals surface area contributed by atoms with Crippen LogP contribution in [0.25, 0.3) is 0 Å². The maximum atomic E-state index is 13.1. The van der Waals surface area contributed by atoms with Crippen LogP contribution in [0, 0.1) is 5.82 Å². The van der Waals surface area contributed by atoms with Gasteiger partial charge in [0.1, 0.15) is 11.9 Å². The third-order valence-corrected chi connectivity index (χ3v) is 5.14. The summed E-state index contributed by atoms with van der Waals surface area (Å²) in [5, 5.41) is 2.73. The van der Waals surface area contributed by atoms with E-state index in [2.05, 4.69) is 26.2 Å². The summed E-state index contributed by atoms with van der Waals surface area (Å²) in [6.07, 6.45) is 2.69. The first kappa shape index (κ1) is 16.3. The van der Waals surface area contributed by atoms with Crippen molar-refractivity contribution in [1.82, 2.24) is 4.98 Å². The van der Waals surface area contributed by atoms with E-state index < -0.39 is 0 Å². The molecule has 1 saturated heterocycles. The molecule has 7 heteroatoms. The van der Waals surface area contributed by atoms with Gasteiger partial charge in [0.2, 0.25) is 5.88 Å². The summed E-state index contributed by atoms with van der Waals surface area (Å²) in [7, 11) is 0. The molecule has 1 aliphatic heterocycles. The summed E-state index contributed by atoms with van der Waals surface area (Å²) in [6.45, 7) is 0. The molecule has 1 N–H and O–H groups in total. The maximum Gasteiger partial charge on any atom is 0.255 e. The summed E-state index contributed by atoms with van der Waals surface area (Å²) in [4.78, 5) is 16.5. The molecular weight excluding hydrogens is 383 g/mol. The van der Waals surface area contributed by atoms with Crippen molar-refractivity contribution in [3.05, 3.63) is 52.4 Å². The smallest absolute Gasteiger partial charge is 0.255 e. The van der Waals surface area contributed by atoms with Crippen LogP contribution >= 0.6 is 27.7 Å². The van der Waals surface area contributed by atoms with Crippen LogP contribution in [0.15, 0.2) is 41.0 Å². The number of benzene rings is 1. The summed E-state index contributed by atoms with van der Waals surface area (Å²) in [5.74, 6) is 1.81. The lowest BCUT2D eigenvalue weighted by Crippen LogP contribution is -2.17. The van der Waals surface area contributed by atoms with E-state index in [-0.39, 0.29) is 17.8 Å². The summed E-state index contributed by atoms with van der Waals surface area (Å²) in [5.41, 5.74) is 0.944. The lowest BCUT2D eigenvalue weighted by atomic mass is 10.2. The summed E-state index contributed by atoms with van der Waals surface area (Å²) >= 11 is 5.08. The van der Waals surface area contributed by atoms with Gasteiger partial charge in [-0.1, -0.05) is 0 Å². The summed E-state index contributed by atoms with van der Waals surface area (Å²) < 4.78 is 19.4. The molecule has 1 atom stereocenters. The zero-order valence-electron chi connectivity index (χ0n) is 12.1. The molecule has 2 aromatic rings. The Kier molecular flexibility index (Phi) is 5.17. The van der Waals surface area contributed by atoms with Crippen LogP contribution < -0.4 is 10.1 Å². The number of carbonyl (C=O) groups is 1. The number of carbonyl (C=O) groups excluding carboxylic acids is 1. The Balaban J connectivity index is 1.71. The predicted molar refractivity (Wildman–Crippen MR) is 92.6 cm³/mol. The van der Waals surface area contributed by atoms with Gasteiger partial charge in [0.15, 0.2) is 0 Å². The predicted octanol–water partition coefficient (Wildman–Crippen LogP) is 4.12. The Labute approximate surface area is 146 Å². The number of nitrogens with one attached hydrogen (secondary N) is 1. The average molecular weight is 397 g/mol. The molecule has 3 rings (SSSR count). The van der Waals surface area contributed by atoms with E-state index in [9.17, 15) is 9.18 Å². The molecule has 1 aliphatic rings. The quantitative estimate of drug-likeness (QED) is 0.844. The molecule has 1 aromatic carbocycles. The number of rotatable bonds is 4. The number of ether oxygens (including phenoxy) is 1. The Morgan fingerprint density at radius 1 is 1.39 bits per heavy atom. The number of pyridine rings is 1. The molecule has 0 radical (unpaired) electrons. The fourth-order valence-electron chi connectivity index (χ4n) is 2.18. The fourth-order valence-corrected chi connectivity index (χ4v) is 3.72. The highest BCUT2D eigenvalue weighted by Gasteiger charge is 2.18. The first-order valence-electron chi connectivity index (χ1n) is 7.08. The Morgan fingerprint density at radius 3 is 3.00 bits per heavy atom. The number of halogens is 2. The Hall–Kier alpha value is -1.60. The SMILES string of the molecule is O=C(Nc1ccc(F)cc1Br)c1ccnc(O[C@@H]2CCSC2)c1. The maximum absolute atomic E-state index is 13.1. The molecule has 4 nitrogen and oxygen atoms in total. The Morgan fingerprint density at radius 2 is 2.26 bits per heavy atom. The molecule has 23 heavy (non-hydrogen) atoms. The van der Waals surface area contributed by atoms with Crippen LogP contribution in [0.2, 0.25) is 0 Å². The number of hydrogen-bond acceptors (Lipinski definition) is 4. The van der Waals surface area contributed by atoms with Gasteiger partial charge in [-0.3, -0.25) is 4.79 Å². The highest BCUT2D eigenvalue weighted by molar-refractivity contribution is 9.10. The molecule has 120 valence electrons. The van der Waals surface area contributed by atoms with Crippen LogP contribution in [-0.4, -0.2) is 28.5 Å². The molecular formula is C16H14BrFN2O2S. The van der Waals surface area contributed by atoms with Crippen molar-refractivity contribution in [2.75, 3.05) is 16.8 Å². The van der Waals surface area contributed by atoms with Gasteiger partial charge in [0, 0.05) is 28.1 Å². The zero-order valence-corrected chi connectivity index (χ0v) is 14.5. The minimum atomic E-state index is -0.371. The molecule has 1 aromatic heterocycles. The van der Waals surface area contributed by atoms with Gasteiger partial charge < -0.3 is 10.1 Å². The van der Waals surface area contributed by atoms with Crippen molar-refractivity contribution in [1.29, 1.82) is 0 Å². The normalized spacial score (nSPS) is 17.0. The van der Waals surface area contributed by atoms with Crippen molar-refractivity contribution >= 4 is 39.3 Å². The minimum absolute atomic E-state index is 0.150. The van der Waals surface area contributed by atoms with Crippen LogP contribution in [0.3, 0.4) is 0 Å². The van der Waals surface area contributed by atoms with Gasteiger partial charge in [-0.05, 0) is 52.4 Å². The lowest BCUT2D eigenvalue weighted by Gasteiger charge is -2.12. The molecule has 2 heterocycles. The molecule has 1 amide bonds. The molecule has 0 spiro atoms. The van der Waals surface area contributed by atoms with Crippen molar-refractivity contribution in [3.8, 4) is 5.88 Å². The van der Waals surface area contributed by atoms with Gasteiger partial charge in [-0.25, -0.2) is 9.37 Å². The van der Waals surface area contributed by atoms with E-state index in [4.69, 9.17) is 4.74 Å². The van der Waals surface area contributed by atoms with Crippen molar-refractivity contribution < 1.29 is 13.9 Å². The van der Waals surface area contributed by atoms with Crippen LogP contribution in [0.4, 0.5) is 10.1 Å². The van der Waals surface area contributed by atoms with Gasteiger partial charge in [-0.15, -0.1) is 0 Å². The van der Waals surface area contributed by atoms with E-state index in [0.717, 1.165) is 17.9 Å². The standard InChI is InChI=1S/C16H14BrFN2O2S/c17-13-8-11(18)1-2-14(13)20-16(21)10-3-5-19-15(7-10)22-12-4-6-23-9-12/h1-3,5,7-8,12H,4,6,9H2,(H,20,21)/t12-/m1/s1. The molecule has 0 aliphatic carbocycles. The lowest BCUT2D eigenvalue weighted by molar-refractivity contribution is 0.102. The third kappa shape index (κ3) is 4.23. The topological polar surface area (TPSA) is 51.2 Å². The zero-order chi connectivity index (χ0) is 16.2. The van der Waals surface area contributed by atoms with Crippen LogP contribution in [0.1, 0.15) is 16.8 Å². The number of nitrogens with zero attached hydrogens (tertiary/aromatic N) is 1. The van der Waals surface area contributed by atoms with E-state index >= 15 is 0 Å². The number of anilines is 1. The monoisotopic (exact) mass is 396 g/mol. The second-order valence-corrected chi connectivity index (χ2v) is 7.07. The van der Waals surface area contributed by atoms with Gasteiger partial charge in [-0.2, -0.15) is 11.8 Å². The van der Waals surface area contributed by atoms with Gasteiger partial charge >= 0.3 is 0 Å². The van der Waals surface area contributed by atoms with E-state index in [1.165, 1.54) is 18.2 Å². The fraction of sp³-hybridized carbons (Fsp3) is 0.250. The van der Waals surface area contributed by atoms with E-state index in [0.29, 0.717) is 21.6 Å². The van der Waals surface area contributed by atoms with Gasteiger partial charge in [0.25, 0.3) is 5.91 Å². The minimum Gasteiger partial charge on any atom is -0.473 e. The third-order valence-electron chi connectivity index (χ3n) is 3.35. The number of hydrogen-bond donors (Lipinski definition) is 1. The number of thioether (sulfide) groups is 1. The van der Waals surface area contributed by atoms with Crippen LogP contribution in [0.5, 0.6) is 5.88 Å². The highest BCUT2D eigenvalue weighted by Crippen LogP contribution is 2.25. The number of aromatic nitrogens is 1. The molecule has 1 fully saturated rings. The Bertz CT molecular complexity index is 723. The van der Waals surface area contributed by atoms with Crippen molar-refractivity contribution in [2.45, 2.75) is 12.5 Å². The van der Waals surface area contributed by atoms with E-state index in [1.54, 1.807) is 18.3 Å². The van der Waals surface area contributed by atoms with Crippen molar-refractivity contribution in [2.24, 2.45) is 0 Å². The molecule has 0 saturated carbocycles. The number of amides is 1. The second-order valence-electron chi connectivity index (χ2n) is 5.06. The highest BCUT2D eigenvalue weighted by atomic mass is 79.9. The molecule has 0 unspecified atom stereocenters. The largest absolute Gasteiger partial charge is 0.473 e. The first-order chi connectivity index (χ1) is 11.1. The van der Waals surface area contributed by atoms with Crippen LogP contribution in [-0.2, 0) is 0 Å².